The van der Waals surface area contributed by atoms with E-state index in [1.807, 2.05) is 24.3 Å². The zero-order chi connectivity index (χ0) is 22.1. The maximum Gasteiger partial charge on any atom is 0.262 e. The number of anilines is 1. The second kappa shape index (κ2) is 9.02. The lowest BCUT2D eigenvalue weighted by atomic mass is 10.1. The molecule has 32 heavy (non-hydrogen) atoms. The van der Waals surface area contributed by atoms with Gasteiger partial charge in [-0.1, -0.05) is 19.1 Å². The highest BCUT2D eigenvalue weighted by atomic mass is 32.1. The standard InChI is InChI=1S/C24H28N6OS/c1-2-27-8-7-21-19(16-27)22-23(32-21)26-17-30(24(22)31)14-11-28-9-12-29(13-10-28)20-6-4-3-5-18(20)15-25/h3-6,17H,2,7-14,16H2,1H3. The minimum absolute atomic E-state index is 0.104. The second-order valence-corrected chi connectivity index (χ2v) is 9.59. The number of likely N-dealkylation sites (N-methyl/N-ethyl adjacent to an activating group) is 1. The van der Waals surface area contributed by atoms with Crippen LogP contribution in [0, 0.1) is 11.3 Å². The number of rotatable bonds is 5. The molecule has 1 aromatic carbocycles. The number of aromatic nitrogens is 2. The lowest BCUT2D eigenvalue weighted by molar-refractivity contribution is 0.247. The lowest BCUT2D eigenvalue weighted by Crippen LogP contribution is -2.47. The molecule has 0 spiro atoms. The van der Waals surface area contributed by atoms with Gasteiger partial charge in [-0.3, -0.25) is 19.2 Å². The van der Waals surface area contributed by atoms with Crippen LogP contribution in [0.1, 0.15) is 22.9 Å². The molecule has 1 fully saturated rings. The van der Waals surface area contributed by atoms with E-state index in [4.69, 9.17) is 0 Å². The van der Waals surface area contributed by atoms with Gasteiger partial charge in [-0.25, -0.2) is 4.98 Å². The predicted molar refractivity (Wildman–Crippen MR) is 128 cm³/mol. The number of thiophene rings is 1. The molecule has 4 heterocycles. The topological polar surface area (TPSA) is 68.4 Å². The van der Waals surface area contributed by atoms with E-state index < -0.39 is 0 Å². The van der Waals surface area contributed by atoms with Gasteiger partial charge in [0.2, 0.25) is 0 Å². The molecular weight excluding hydrogens is 420 g/mol. The van der Waals surface area contributed by atoms with Gasteiger partial charge in [-0.2, -0.15) is 5.26 Å². The van der Waals surface area contributed by atoms with Crippen molar-refractivity contribution in [2.75, 3.05) is 50.7 Å². The summed E-state index contributed by atoms with van der Waals surface area (Å²) in [4.78, 5) is 27.2. The molecule has 7 nitrogen and oxygen atoms in total. The summed E-state index contributed by atoms with van der Waals surface area (Å²) < 4.78 is 1.79. The molecule has 2 aliphatic heterocycles. The summed E-state index contributed by atoms with van der Waals surface area (Å²) in [5.41, 5.74) is 3.05. The van der Waals surface area contributed by atoms with Crippen LogP contribution < -0.4 is 10.5 Å². The van der Waals surface area contributed by atoms with Crippen LogP contribution in [0.25, 0.3) is 10.2 Å². The van der Waals surface area contributed by atoms with Crippen molar-refractivity contribution in [3.05, 3.63) is 57.0 Å². The summed E-state index contributed by atoms with van der Waals surface area (Å²) in [6, 6.07) is 10.1. The summed E-state index contributed by atoms with van der Waals surface area (Å²) in [5, 5.41) is 10.2. The molecule has 8 heteroatoms. The van der Waals surface area contributed by atoms with Crippen LogP contribution in [0.5, 0.6) is 0 Å². The predicted octanol–water partition coefficient (Wildman–Crippen LogP) is 2.53. The van der Waals surface area contributed by atoms with Crippen LogP contribution in [0.15, 0.2) is 35.4 Å². The molecule has 0 atom stereocenters. The fourth-order valence-corrected chi connectivity index (χ4v) is 5.92. The first-order valence-electron chi connectivity index (χ1n) is 11.4. The molecule has 0 bridgehead atoms. The Morgan fingerprint density at radius 3 is 2.69 bits per heavy atom. The number of nitriles is 1. The van der Waals surface area contributed by atoms with E-state index in [2.05, 4.69) is 32.7 Å². The van der Waals surface area contributed by atoms with Crippen molar-refractivity contribution < 1.29 is 0 Å². The highest BCUT2D eigenvalue weighted by molar-refractivity contribution is 7.18. The summed E-state index contributed by atoms with van der Waals surface area (Å²) >= 11 is 1.69. The van der Waals surface area contributed by atoms with E-state index in [9.17, 15) is 10.1 Å². The van der Waals surface area contributed by atoms with Gasteiger partial charge in [0.1, 0.15) is 10.9 Å². The maximum absolute atomic E-state index is 13.3. The van der Waals surface area contributed by atoms with Crippen LogP contribution in [0.3, 0.4) is 0 Å². The molecule has 2 aromatic heterocycles. The van der Waals surface area contributed by atoms with Crippen LogP contribution in [0.4, 0.5) is 5.69 Å². The zero-order valence-electron chi connectivity index (χ0n) is 18.5. The summed E-state index contributed by atoms with van der Waals surface area (Å²) in [7, 11) is 0. The van der Waals surface area contributed by atoms with Crippen molar-refractivity contribution in [2.24, 2.45) is 0 Å². The second-order valence-electron chi connectivity index (χ2n) is 8.50. The quantitative estimate of drug-likeness (QED) is 0.598. The first-order valence-corrected chi connectivity index (χ1v) is 12.2. The minimum atomic E-state index is 0.104. The third kappa shape index (κ3) is 3.92. The molecule has 0 saturated carbocycles. The van der Waals surface area contributed by atoms with E-state index >= 15 is 0 Å². The van der Waals surface area contributed by atoms with Crippen LogP contribution in [-0.4, -0.2) is 65.2 Å². The largest absolute Gasteiger partial charge is 0.368 e. The van der Waals surface area contributed by atoms with Gasteiger partial charge in [-0.15, -0.1) is 11.3 Å². The summed E-state index contributed by atoms with van der Waals surface area (Å²) in [6.45, 7) is 10.2. The van der Waals surface area contributed by atoms with E-state index in [1.54, 1.807) is 22.2 Å². The van der Waals surface area contributed by atoms with Crippen LogP contribution in [-0.2, 0) is 19.5 Å². The van der Waals surface area contributed by atoms with Gasteiger partial charge in [0.25, 0.3) is 5.56 Å². The first kappa shape index (κ1) is 21.1. The number of benzene rings is 1. The molecular formula is C24H28N6OS. The van der Waals surface area contributed by atoms with Crippen LogP contribution >= 0.6 is 11.3 Å². The smallest absolute Gasteiger partial charge is 0.262 e. The van der Waals surface area contributed by atoms with Crippen molar-refractivity contribution in [3.8, 4) is 6.07 Å². The van der Waals surface area contributed by atoms with Gasteiger partial charge in [-0.05, 0) is 30.7 Å². The van der Waals surface area contributed by atoms with E-state index in [0.717, 1.165) is 80.2 Å². The molecule has 0 radical (unpaired) electrons. The van der Waals surface area contributed by atoms with Crippen molar-refractivity contribution in [2.45, 2.75) is 26.4 Å². The van der Waals surface area contributed by atoms with Crippen molar-refractivity contribution in [1.82, 2.24) is 19.4 Å². The summed E-state index contributed by atoms with van der Waals surface area (Å²) in [6.07, 6.45) is 2.74. The van der Waals surface area contributed by atoms with Crippen molar-refractivity contribution in [3.63, 3.8) is 0 Å². The average Bonchev–Trinajstić information content (AvgIpc) is 3.22. The number of para-hydroxylation sites is 1. The first-order chi connectivity index (χ1) is 15.7. The molecule has 0 amide bonds. The number of piperazine rings is 1. The number of fused-ring (bicyclic) bond motifs is 3. The van der Waals surface area contributed by atoms with Crippen molar-refractivity contribution in [1.29, 1.82) is 5.26 Å². The molecule has 2 aliphatic rings. The monoisotopic (exact) mass is 448 g/mol. The number of hydrogen-bond donors (Lipinski definition) is 0. The maximum atomic E-state index is 13.3. The molecule has 0 aliphatic carbocycles. The fourth-order valence-electron chi connectivity index (χ4n) is 4.79. The molecule has 3 aromatic rings. The highest BCUT2D eigenvalue weighted by Crippen LogP contribution is 2.32. The number of hydrogen-bond acceptors (Lipinski definition) is 7. The molecule has 166 valence electrons. The highest BCUT2D eigenvalue weighted by Gasteiger charge is 2.24. The third-order valence-corrected chi connectivity index (χ3v) is 7.94. The Bertz CT molecular complexity index is 1220. The van der Waals surface area contributed by atoms with E-state index in [-0.39, 0.29) is 5.56 Å². The normalized spacial score (nSPS) is 17.4. The van der Waals surface area contributed by atoms with Crippen molar-refractivity contribution >= 4 is 27.2 Å². The van der Waals surface area contributed by atoms with E-state index in [0.29, 0.717) is 6.54 Å². The Morgan fingerprint density at radius 2 is 1.91 bits per heavy atom. The minimum Gasteiger partial charge on any atom is -0.368 e. The summed E-state index contributed by atoms with van der Waals surface area (Å²) in [5.74, 6) is 0. The Labute approximate surface area is 192 Å². The van der Waals surface area contributed by atoms with Crippen LogP contribution in [0.2, 0.25) is 0 Å². The molecule has 5 rings (SSSR count). The SMILES string of the molecule is CCN1CCc2sc3ncn(CCN4CCN(c5ccccc5C#N)CC4)c(=O)c3c2C1. The fraction of sp³-hybridized carbons (Fsp3) is 0.458. The average molecular weight is 449 g/mol. The zero-order valence-corrected chi connectivity index (χ0v) is 19.3. The van der Waals surface area contributed by atoms with Gasteiger partial charge in [0.05, 0.1) is 23.0 Å². The Balaban J connectivity index is 1.26. The van der Waals surface area contributed by atoms with Gasteiger partial charge >= 0.3 is 0 Å². The lowest BCUT2D eigenvalue weighted by Gasteiger charge is -2.36. The van der Waals surface area contributed by atoms with Gasteiger partial charge in [0, 0.05) is 57.2 Å². The Kier molecular flexibility index (Phi) is 5.96. The third-order valence-electron chi connectivity index (χ3n) is 6.74. The Morgan fingerprint density at radius 1 is 1.09 bits per heavy atom. The molecule has 1 saturated heterocycles. The van der Waals surface area contributed by atoms with Gasteiger partial charge < -0.3 is 4.90 Å². The molecule has 0 unspecified atom stereocenters. The number of nitrogens with zero attached hydrogens (tertiary/aromatic N) is 6. The molecule has 0 N–H and O–H groups in total. The van der Waals surface area contributed by atoms with Gasteiger partial charge in [0.15, 0.2) is 0 Å². The van der Waals surface area contributed by atoms with E-state index in [1.165, 1.54) is 10.4 Å². The Hall–Kier alpha value is -2.73.